The van der Waals surface area contributed by atoms with E-state index in [-0.39, 0.29) is 5.56 Å². The Balaban J connectivity index is 2.01. The van der Waals surface area contributed by atoms with Gasteiger partial charge in [-0.25, -0.2) is 4.98 Å². The van der Waals surface area contributed by atoms with Crippen LogP contribution >= 0.6 is 0 Å². The molecule has 18 heavy (non-hydrogen) atoms. The van der Waals surface area contributed by atoms with Crippen molar-refractivity contribution in [3.63, 3.8) is 0 Å². The summed E-state index contributed by atoms with van der Waals surface area (Å²) in [5.41, 5.74) is -0.0239. The fourth-order valence-corrected chi connectivity index (χ4v) is 2.26. The molecule has 5 nitrogen and oxygen atoms in total. The first-order chi connectivity index (χ1) is 8.66. The fraction of sp³-hybridized carbons (Fsp3) is 0.692. The molecule has 0 bridgehead atoms. The smallest absolute Gasteiger partial charge is 0.293 e. The molecule has 1 aliphatic heterocycles. The van der Waals surface area contributed by atoms with E-state index in [1.54, 1.807) is 17.0 Å². The van der Waals surface area contributed by atoms with Crippen molar-refractivity contribution in [3.05, 3.63) is 22.7 Å². The van der Waals surface area contributed by atoms with Crippen molar-refractivity contribution in [3.8, 4) is 0 Å². The van der Waals surface area contributed by atoms with Gasteiger partial charge in [0.1, 0.15) is 0 Å². The summed E-state index contributed by atoms with van der Waals surface area (Å²) in [5.74, 6) is 0.918. The Labute approximate surface area is 108 Å². The van der Waals surface area contributed by atoms with Crippen molar-refractivity contribution in [2.45, 2.75) is 39.3 Å². The van der Waals surface area contributed by atoms with Gasteiger partial charge in [0.25, 0.3) is 5.56 Å². The molecule has 1 aliphatic rings. The highest BCUT2D eigenvalue weighted by molar-refractivity contribution is 5.31. The molecular formula is C13H22N4O. The van der Waals surface area contributed by atoms with E-state index >= 15 is 0 Å². The van der Waals surface area contributed by atoms with E-state index in [1.807, 2.05) is 0 Å². The number of hydrogen-bond donors (Lipinski definition) is 2. The van der Waals surface area contributed by atoms with Crippen molar-refractivity contribution in [1.82, 2.24) is 14.9 Å². The van der Waals surface area contributed by atoms with E-state index in [0.29, 0.717) is 17.8 Å². The average molecular weight is 250 g/mol. The van der Waals surface area contributed by atoms with Gasteiger partial charge in [-0.2, -0.15) is 0 Å². The van der Waals surface area contributed by atoms with Crippen LogP contribution in [0.15, 0.2) is 17.2 Å². The minimum atomic E-state index is -0.0239. The highest BCUT2D eigenvalue weighted by atomic mass is 16.1. The molecule has 1 fully saturated rings. The molecule has 0 amide bonds. The van der Waals surface area contributed by atoms with Crippen LogP contribution in [0, 0.1) is 5.92 Å². The van der Waals surface area contributed by atoms with Crippen LogP contribution in [0.5, 0.6) is 0 Å². The largest absolute Gasteiger partial charge is 0.364 e. The van der Waals surface area contributed by atoms with Crippen molar-refractivity contribution in [1.29, 1.82) is 0 Å². The van der Waals surface area contributed by atoms with E-state index in [4.69, 9.17) is 0 Å². The minimum Gasteiger partial charge on any atom is -0.364 e. The second-order valence-electron chi connectivity index (χ2n) is 5.30. The maximum Gasteiger partial charge on any atom is 0.293 e. The SMILES string of the molecule is CC(C)Cn1ccnc(NCC2CCCN2)c1=O. The quantitative estimate of drug-likeness (QED) is 0.820. The van der Waals surface area contributed by atoms with Gasteiger partial charge in [-0.15, -0.1) is 0 Å². The molecule has 1 atom stereocenters. The van der Waals surface area contributed by atoms with E-state index in [9.17, 15) is 4.79 Å². The van der Waals surface area contributed by atoms with Crippen LogP contribution in [0.4, 0.5) is 5.82 Å². The number of hydrogen-bond acceptors (Lipinski definition) is 4. The van der Waals surface area contributed by atoms with Crippen molar-refractivity contribution >= 4 is 5.82 Å². The number of nitrogens with zero attached hydrogens (tertiary/aromatic N) is 2. The lowest BCUT2D eigenvalue weighted by Gasteiger charge is -2.13. The van der Waals surface area contributed by atoms with Gasteiger partial charge in [0, 0.05) is 31.5 Å². The normalized spacial score (nSPS) is 19.4. The first-order valence-electron chi connectivity index (χ1n) is 6.69. The summed E-state index contributed by atoms with van der Waals surface area (Å²) in [6, 6.07) is 0.463. The highest BCUT2D eigenvalue weighted by Gasteiger charge is 2.14. The Morgan fingerprint density at radius 3 is 3.11 bits per heavy atom. The standard InChI is InChI=1S/C13H22N4O/c1-10(2)9-17-7-6-15-12(13(17)18)16-8-11-4-3-5-14-11/h6-7,10-11,14H,3-5,8-9H2,1-2H3,(H,15,16). The fourth-order valence-electron chi connectivity index (χ4n) is 2.26. The van der Waals surface area contributed by atoms with E-state index in [2.05, 4.69) is 29.5 Å². The molecule has 1 aromatic heterocycles. The van der Waals surface area contributed by atoms with Gasteiger partial charge in [-0.05, 0) is 25.3 Å². The van der Waals surface area contributed by atoms with Crippen LogP contribution in [0.1, 0.15) is 26.7 Å². The second kappa shape index (κ2) is 6.00. The van der Waals surface area contributed by atoms with Gasteiger partial charge in [-0.1, -0.05) is 13.8 Å². The van der Waals surface area contributed by atoms with Gasteiger partial charge in [-0.3, -0.25) is 4.79 Å². The van der Waals surface area contributed by atoms with Gasteiger partial charge in [0.05, 0.1) is 0 Å². The van der Waals surface area contributed by atoms with Crippen LogP contribution in [-0.4, -0.2) is 28.7 Å². The summed E-state index contributed by atoms with van der Waals surface area (Å²) < 4.78 is 1.72. The Hall–Kier alpha value is -1.36. The summed E-state index contributed by atoms with van der Waals surface area (Å²) >= 11 is 0. The van der Waals surface area contributed by atoms with Gasteiger partial charge < -0.3 is 15.2 Å². The summed E-state index contributed by atoms with van der Waals surface area (Å²) in [7, 11) is 0. The molecular weight excluding hydrogens is 228 g/mol. The minimum absolute atomic E-state index is 0.0239. The summed E-state index contributed by atoms with van der Waals surface area (Å²) in [6.07, 6.45) is 5.82. The second-order valence-corrected chi connectivity index (χ2v) is 5.30. The zero-order chi connectivity index (χ0) is 13.0. The Bertz CT molecular complexity index is 435. The third-order valence-corrected chi connectivity index (χ3v) is 3.15. The van der Waals surface area contributed by atoms with Gasteiger partial charge >= 0.3 is 0 Å². The molecule has 0 radical (unpaired) electrons. The van der Waals surface area contributed by atoms with Gasteiger partial charge in [0.2, 0.25) is 0 Å². The first-order valence-corrected chi connectivity index (χ1v) is 6.69. The Kier molecular flexibility index (Phi) is 4.36. The third kappa shape index (κ3) is 3.32. The molecule has 0 aromatic carbocycles. The van der Waals surface area contributed by atoms with E-state index in [0.717, 1.165) is 19.6 Å². The third-order valence-electron chi connectivity index (χ3n) is 3.15. The van der Waals surface area contributed by atoms with Crippen molar-refractivity contribution < 1.29 is 0 Å². The summed E-state index contributed by atoms with van der Waals surface area (Å²) in [6.45, 7) is 6.78. The molecule has 1 aromatic rings. The molecule has 1 saturated heterocycles. The van der Waals surface area contributed by atoms with Crippen LogP contribution in [-0.2, 0) is 6.54 Å². The molecule has 5 heteroatoms. The molecule has 100 valence electrons. The van der Waals surface area contributed by atoms with Gasteiger partial charge in [0.15, 0.2) is 5.82 Å². The molecule has 2 heterocycles. The molecule has 2 rings (SSSR count). The predicted molar refractivity (Wildman–Crippen MR) is 72.8 cm³/mol. The monoisotopic (exact) mass is 250 g/mol. The van der Waals surface area contributed by atoms with Crippen LogP contribution in [0.3, 0.4) is 0 Å². The van der Waals surface area contributed by atoms with E-state index in [1.165, 1.54) is 12.8 Å². The molecule has 0 spiro atoms. The lowest BCUT2D eigenvalue weighted by molar-refractivity contribution is 0.509. The highest BCUT2D eigenvalue weighted by Crippen LogP contribution is 2.05. The topological polar surface area (TPSA) is 59.0 Å². The van der Waals surface area contributed by atoms with Crippen LogP contribution in [0.25, 0.3) is 0 Å². The zero-order valence-electron chi connectivity index (χ0n) is 11.1. The molecule has 0 aliphatic carbocycles. The van der Waals surface area contributed by atoms with Crippen molar-refractivity contribution in [2.24, 2.45) is 5.92 Å². The lowest BCUT2D eigenvalue weighted by atomic mass is 10.2. The molecule has 0 saturated carbocycles. The van der Waals surface area contributed by atoms with Crippen molar-refractivity contribution in [2.75, 3.05) is 18.4 Å². The Morgan fingerprint density at radius 2 is 2.44 bits per heavy atom. The summed E-state index contributed by atoms with van der Waals surface area (Å²) in [4.78, 5) is 16.3. The first kappa shape index (κ1) is 13.1. The number of anilines is 1. The number of rotatable bonds is 5. The maximum absolute atomic E-state index is 12.1. The van der Waals surface area contributed by atoms with Crippen LogP contribution < -0.4 is 16.2 Å². The van der Waals surface area contributed by atoms with E-state index < -0.39 is 0 Å². The maximum atomic E-state index is 12.1. The number of nitrogens with one attached hydrogen (secondary N) is 2. The molecule has 2 N–H and O–H groups in total. The predicted octanol–water partition coefficient (Wildman–Crippen LogP) is 1.06. The lowest BCUT2D eigenvalue weighted by Crippen LogP contribution is -2.33. The summed E-state index contributed by atoms with van der Waals surface area (Å²) in [5, 5.41) is 6.56. The number of aromatic nitrogens is 2. The van der Waals surface area contributed by atoms with Crippen LogP contribution in [0.2, 0.25) is 0 Å². The zero-order valence-corrected chi connectivity index (χ0v) is 11.1. The molecule has 1 unspecified atom stereocenters. The average Bonchev–Trinajstić information content (AvgIpc) is 2.83. The Morgan fingerprint density at radius 1 is 1.61 bits per heavy atom.